The van der Waals surface area contributed by atoms with Gasteiger partial charge in [0.2, 0.25) is 0 Å². The second-order valence-corrected chi connectivity index (χ2v) is 6.74. The maximum Gasteiger partial charge on any atom is 0.253 e. The minimum absolute atomic E-state index is 0.0682. The van der Waals surface area contributed by atoms with Crippen molar-refractivity contribution in [2.24, 2.45) is 13.0 Å². The van der Waals surface area contributed by atoms with Crippen LogP contribution in [0.5, 0.6) is 0 Å². The van der Waals surface area contributed by atoms with Crippen molar-refractivity contribution >= 4 is 30.1 Å². The highest BCUT2D eigenvalue weighted by Crippen LogP contribution is 2.23. The Morgan fingerprint density at radius 2 is 2.00 bits per heavy atom. The van der Waals surface area contributed by atoms with Crippen LogP contribution in [0.15, 0.2) is 24.4 Å². The number of fused-ring (bicyclic) bond motifs is 1. The predicted octanol–water partition coefficient (Wildman–Crippen LogP) is 2.14. The molecule has 22 heavy (non-hydrogen) atoms. The van der Waals surface area contributed by atoms with Crippen LogP contribution in [0.2, 0.25) is 0 Å². The third kappa shape index (κ3) is 3.21. The van der Waals surface area contributed by atoms with Gasteiger partial charge in [-0.25, -0.2) is 0 Å². The largest absolute Gasteiger partial charge is 0.352 e. The molecule has 4 heteroatoms. The summed E-state index contributed by atoms with van der Waals surface area (Å²) in [5.74, 6) is 0.724. The highest BCUT2D eigenvalue weighted by Gasteiger charge is 2.17. The van der Waals surface area contributed by atoms with Crippen LogP contribution >= 0.6 is 0 Å². The number of nitrogens with one attached hydrogen (secondary N) is 1. The first kappa shape index (κ1) is 15.2. The third-order valence-electron chi connectivity index (χ3n) is 4.92. The zero-order valence-electron chi connectivity index (χ0n) is 13.7. The van der Waals surface area contributed by atoms with Crippen molar-refractivity contribution in [3.05, 3.63) is 30.0 Å². The van der Waals surface area contributed by atoms with Crippen molar-refractivity contribution in [2.75, 3.05) is 6.54 Å². The van der Waals surface area contributed by atoms with E-state index in [4.69, 9.17) is 0 Å². The summed E-state index contributed by atoms with van der Waals surface area (Å²) >= 11 is 0. The lowest BCUT2D eigenvalue weighted by Gasteiger charge is -2.14. The van der Waals surface area contributed by atoms with Crippen LogP contribution in [0, 0.1) is 5.92 Å². The molecular formula is C18H25BN2O. The molecule has 0 atom stereocenters. The highest BCUT2D eigenvalue weighted by atomic mass is 16.1. The highest BCUT2D eigenvalue weighted by molar-refractivity contribution is 6.33. The van der Waals surface area contributed by atoms with Crippen LogP contribution in [-0.4, -0.2) is 24.9 Å². The average Bonchev–Trinajstić information content (AvgIpc) is 2.69. The van der Waals surface area contributed by atoms with E-state index in [1.807, 2.05) is 17.8 Å². The Morgan fingerprint density at radius 1 is 1.27 bits per heavy atom. The van der Waals surface area contributed by atoms with Crippen molar-refractivity contribution in [3.63, 3.8) is 0 Å². The lowest BCUT2D eigenvalue weighted by atomic mass is 9.95. The van der Waals surface area contributed by atoms with E-state index in [9.17, 15) is 4.79 Å². The molecule has 1 aromatic carbocycles. The van der Waals surface area contributed by atoms with Gasteiger partial charge in [-0.05, 0) is 24.8 Å². The topological polar surface area (TPSA) is 34.0 Å². The summed E-state index contributed by atoms with van der Waals surface area (Å²) in [5.41, 5.74) is 3.14. The Morgan fingerprint density at radius 3 is 2.73 bits per heavy atom. The van der Waals surface area contributed by atoms with Gasteiger partial charge < -0.3 is 9.88 Å². The molecule has 1 fully saturated rings. The van der Waals surface area contributed by atoms with E-state index in [1.54, 1.807) is 0 Å². The third-order valence-corrected chi connectivity index (χ3v) is 4.92. The van der Waals surface area contributed by atoms with Crippen LogP contribution in [-0.2, 0) is 7.05 Å². The Bertz CT molecular complexity index is 669. The zero-order valence-corrected chi connectivity index (χ0v) is 13.7. The number of hydrogen-bond donors (Lipinski definition) is 1. The van der Waals surface area contributed by atoms with Gasteiger partial charge in [0.25, 0.3) is 5.91 Å². The zero-order chi connectivity index (χ0) is 15.5. The van der Waals surface area contributed by atoms with Crippen molar-refractivity contribution in [1.29, 1.82) is 0 Å². The number of aromatic nitrogens is 1. The molecular weight excluding hydrogens is 271 g/mol. The number of aryl methyl sites for hydroxylation is 1. The molecule has 116 valence electrons. The monoisotopic (exact) mass is 296 g/mol. The average molecular weight is 296 g/mol. The van der Waals surface area contributed by atoms with Crippen LogP contribution in [0.1, 0.15) is 48.9 Å². The molecule has 1 aliphatic carbocycles. The Hall–Kier alpha value is -1.71. The molecule has 2 aromatic rings. The molecule has 1 saturated carbocycles. The number of amides is 1. The first-order valence-corrected chi connectivity index (χ1v) is 8.49. The van der Waals surface area contributed by atoms with E-state index in [0.717, 1.165) is 23.0 Å². The Labute approximate surface area is 133 Å². The van der Waals surface area contributed by atoms with Crippen LogP contribution in [0.3, 0.4) is 0 Å². The first-order valence-electron chi connectivity index (χ1n) is 8.49. The SMILES string of the molecule is Bc1ccc2c(C(=O)NCC3CCCCCC3)cn(C)c2c1. The fourth-order valence-electron chi connectivity index (χ4n) is 3.58. The molecule has 0 saturated heterocycles. The van der Waals surface area contributed by atoms with Crippen LogP contribution in [0.4, 0.5) is 0 Å². The molecule has 3 rings (SSSR count). The lowest BCUT2D eigenvalue weighted by Crippen LogP contribution is -2.29. The maximum atomic E-state index is 12.6. The van der Waals surface area contributed by atoms with Gasteiger partial charge in [0.15, 0.2) is 0 Å². The fraction of sp³-hybridized carbons (Fsp3) is 0.500. The summed E-state index contributed by atoms with van der Waals surface area (Å²) in [6, 6.07) is 6.27. The molecule has 0 unspecified atom stereocenters. The molecule has 3 nitrogen and oxygen atoms in total. The summed E-state index contributed by atoms with van der Waals surface area (Å²) in [5, 5.41) is 4.21. The van der Waals surface area contributed by atoms with Gasteiger partial charge in [-0.2, -0.15) is 0 Å². The summed E-state index contributed by atoms with van der Waals surface area (Å²) in [7, 11) is 4.09. The van der Waals surface area contributed by atoms with Crippen molar-refractivity contribution in [2.45, 2.75) is 38.5 Å². The van der Waals surface area contributed by atoms with E-state index in [0.29, 0.717) is 5.92 Å². The van der Waals surface area contributed by atoms with Gasteiger partial charge in [0.1, 0.15) is 7.85 Å². The van der Waals surface area contributed by atoms with Gasteiger partial charge >= 0.3 is 0 Å². The van der Waals surface area contributed by atoms with Crippen molar-refractivity contribution in [1.82, 2.24) is 9.88 Å². The molecule has 1 amide bonds. The molecule has 1 aliphatic rings. The Balaban J connectivity index is 1.72. The molecule has 0 bridgehead atoms. The minimum atomic E-state index is 0.0682. The quantitative estimate of drug-likeness (QED) is 0.683. The van der Waals surface area contributed by atoms with E-state index in [-0.39, 0.29) is 5.91 Å². The Kier molecular flexibility index (Phi) is 4.56. The van der Waals surface area contributed by atoms with E-state index in [2.05, 4.69) is 31.4 Å². The maximum absolute atomic E-state index is 12.6. The number of hydrogen-bond acceptors (Lipinski definition) is 1. The molecule has 0 spiro atoms. The first-order chi connectivity index (χ1) is 10.6. The standard InChI is InChI=1S/C18H25BN2O/c1-21-12-16(15-9-8-14(19)10-17(15)21)18(22)20-11-13-6-4-2-3-5-7-13/h8-10,12-13H,2-7,11,19H2,1H3,(H,20,22). The van der Waals surface area contributed by atoms with E-state index < -0.39 is 0 Å². The second kappa shape index (κ2) is 6.59. The number of rotatable bonds is 3. The molecule has 1 heterocycles. The summed E-state index contributed by atoms with van der Waals surface area (Å²) in [6.07, 6.45) is 9.80. The molecule has 1 N–H and O–H groups in total. The van der Waals surface area contributed by atoms with Crippen molar-refractivity contribution < 1.29 is 4.79 Å². The van der Waals surface area contributed by atoms with E-state index in [1.165, 1.54) is 44.0 Å². The number of nitrogens with zero attached hydrogens (tertiary/aromatic N) is 1. The fourth-order valence-corrected chi connectivity index (χ4v) is 3.58. The normalized spacial score (nSPS) is 16.6. The predicted molar refractivity (Wildman–Crippen MR) is 94.6 cm³/mol. The summed E-state index contributed by atoms with van der Waals surface area (Å²) in [4.78, 5) is 12.6. The van der Waals surface area contributed by atoms with Gasteiger partial charge in [-0.3, -0.25) is 4.79 Å². The molecule has 0 radical (unpaired) electrons. The van der Waals surface area contributed by atoms with Gasteiger partial charge in [0.05, 0.1) is 5.56 Å². The smallest absolute Gasteiger partial charge is 0.253 e. The van der Waals surface area contributed by atoms with Gasteiger partial charge in [0, 0.05) is 30.7 Å². The molecule has 0 aliphatic heterocycles. The van der Waals surface area contributed by atoms with Gasteiger partial charge in [-0.15, -0.1) is 0 Å². The second-order valence-electron chi connectivity index (χ2n) is 6.74. The number of carbonyl (C=O) groups excluding carboxylic acids is 1. The molecule has 1 aromatic heterocycles. The lowest BCUT2D eigenvalue weighted by molar-refractivity contribution is 0.0947. The summed E-state index contributed by atoms with van der Waals surface area (Å²) < 4.78 is 2.04. The minimum Gasteiger partial charge on any atom is -0.352 e. The van der Waals surface area contributed by atoms with Crippen LogP contribution < -0.4 is 10.8 Å². The number of benzene rings is 1. The summed E-state index contributed by atoms with van der Waals surface area (Å²) in [6.45, 7) is 0.821. The van der Waals surface area contributed by atoms with Gasteiger partial charge in [-0.1, -0.05) is 43.3 Å². The van der Waals surface area contributed by atoms with Crippen molar-refractivity contribution in [3.8, 4) is 0 Å². The van der Waals surface area contributed by atoms with E-state index >= 15 is 0 Å². The van der Waals surface area contributed by atoms with Crippen LogP contribution in [0.25, 0.3) is 10.9 Å². The number of carbonyl (C=O) groups is 1.